The van der Waals surface area contributed by atoms with Gasteiger partial charge in [0.25, 0.3) is 0 Å². The Morgan fingerprint density at radius 3 is 2.04 bits per heavy atom. The predicted octanol–water partition coefficient (Wildman–Crippen LogP) is 5.48. The number of fused-ring (bicyclic) bond motifs is 1. The molecule has 2 unspecified atom stereocenters. The number of hydrogen-bond acceptors (Lipinski definition) is 10. The number of carbonyl (C=O) groups is 2. The zero-order valence-corrected chi connectivity index (χ0v) is 33.5. The zero-order valence-electron chi connectivity index (χ0n) is 33.5. The third kappa shape index (κ3) is 10.3. The number of carbonyl (C=O) groups excluding carboxylic acids is 2. The van der Waals surface area contributed by atoms with Crippen LogP contribution in [0.4, 0.5) is 0 Å². The summed E-state index contributed by atoms with van der Waals surface area (Å²) in [6.45, 7) is 8.06. The van der Waals surface area contributed by atoms with Crippen molar-refractivity contribution in [3.8, 4) is 28.7 Å². The molecule has 2 aliphatic heterocycles. The largest absolute Gasteiger partial charge is 0.497 e. The van der Waals surface area contributed by atoms with Gasteiger partial charge in [0, 0.05) is 42.5 Å². The molecule has 298 valence electrons. The summed E-state index contributed by atoms with van der Waals surface area (Å²) in [6.07, 6.45) is 4.57. The van der Waals surface area contributed by atoms with Gasteiger partial charge in [0.15, 0.2) is 23.0 Å². The Kier molecular flexibility index (Phi) is 14.4. The van der Waals surface area contributed by atoms with Gasteiger partial charge in [0.2, 0.25) is 0 Å². The number of hydrogen-bond donors (Lipinski definition) is 0. The lowest BCUT2D eigenvalue weighted by Gasteiger charge is -2.49. The fourth-order valence-electron chi connectivity index (χ4n) is 7.86. The van der Waals surface area contributed by atoms with E-state index in [9.17, 15) is 9.59 Å². The number of ether oxygens (including phenoxy) is 8. The van der Waals surface area contributed by atoms with Crippen molar-refractivity contribution >= 4 is 11.9 Å². The summed E-state index contributed by atoms with van der Waals surface area (Å²) in [6, 6.07) is 18.3. The van der Waals surface area contributed by atoms with Gasteiger partial charge in [-0.3, -0.25) is 0 Å². The Balaban J connectivity index is 1.16. The molecule has 12 nitrogen and oxygen atoms in total. The molecule has 1 fully saturated rings. The first-order valence-electron chi connectivity index (χ1n) is 18.9. The lowest BCUT2D eigenvalue weighted by molar-refractivity contribution is -0.962. The number of methoxy groups -OCH3 is 5. The highest BCUT2D eigenvalue weighted by Crippen LogP contribution is 2.44. The van der Waals surface area contributed by atoms with Crippen molar-refractivity contribution in [1.82, 2.24) is 0 Å². The molecule has 12 heteroatoms. The molecule has 0 bridgehead atoms. The molecule has 3 aromatic rings. The van der Waals surface area contributed by atoms with Crippen molar-refractivity contribution in [3.63, 3.8) is 0 Å². The summed E-state index contributed by atoms with van der Waals surface area (Å²) in [4.78, 5) is 25.5. The number of morpholine rings is 1. The quantitative estimate of drug-likeness (QED) is 0.0716. The molecule has 55 heavy (non-hydrogen) atoms. The topological polar surface area (TPSA) is 108 Å². The van der Waals surface area contributed by atoms with Gasteiger partial charge >= 0.3 is 11.9 Å². The van der Waals surface area contributed by atoms with Gasteiger partial charge in [-0.05, 0) is 60.5 Å². The molecule has 0 spiro atoms. The molecule has 0 aliphatic carbocycles. The first kappa shape index (κ1) is 41.4. The zero-order chi connectivity index (χ0) is 39.4. The van der Waals surface area contributed by atoms with Crippen LogP contribution >= 0.6 is 0 Å². The normalized spacial score (nSPS) is 19.5. The highest BCUT2D eigenvalue weighted by atomic mass is 16.5. The molecule has 2 aliphatic rings. The van der Waals surface area contributed by atoms with Crippen LogP contribution in [0.1, 0.15) is 41.6 Å². The average Bonchev–Trinajstić information content (AvgIpc) is 3.21. The molecule has 0 aromatic heterocycles. The first-order valence-corrected chi connectivity index (χ1v) is 18.9. The maximum atomic E-state index is 12.9. The summed E-state index contributed by atoms with van der Waals surface area (Å²) in [5.74, 6) is 2.43. The molecular formula is C43H58N2O10+2. The molecule has 0 radical (unpaired) electrons. The number of rotatable bonds is 18. The summed E-state index contributed by atoms with van der Waals surface area (Å²) >= 11 is 0. The van der Waals surface area contributed by atoms with E-state index in [1.54, 1.807) is 35.5 Å². The Morgan fingerprint density at radius 1 is 0.764 bits per heavy atom. The van der Waals surface area contributed by atoms with E-state index in [2.05, 4.69) is 44.3 Å². The fourth-order valence-corrected chi connectivity index (χ4v) is 7.86. The van der Waals surface area contributed by atoms with E-state index in [4.69, 9.17) is 37.9 Å². The van der Waals surface area contributed by atoms with E-state index >= 15 is 0 Å². The maximum Gasteiger partial charge on any atom is 0.331 e. The average molecular weight is 763 g/mol. The molecule has 0 amide bonds. The van der Waals surface area contributed by atoms with Crippen molar-refractivity contribution in [1.29, 1.82) is 0 Å². The van der Waals surface area contributed by atoms with Gasteiger partial charge in [-0.2, -0.15) is 0 Å². The van der Waals surface area contributed by atoms with Crippen LogP contribution in [0.15, 0.2) is 66.7 Å². The number of benzene rings is 3. The minimum Gasteiger partial charge on any atom is -0.497 e. The smallest absolute Gasteiger partial charge is 0.331 e. The van der Waals surface area contributed by atoms with Crippen LogP contribution in [0, 0.1) is 0 Å². The molecule has 3 aromatic carbocycles. The van der Waals surface area contributed by atoms with Crippen molar-refractivity contribution in [2.75, 3.05) is 95.2 Å². The van der Waals surface area contributed by atoms with Gasteiger partial charge in [0.1, 0.15) is 44.1 Å². The van der Waals surface area contributed by atoms with Crippen molar-refractivity contribution in [2.45, 2.75) is 44.8 Å². The minimum atomic E-state index is -0.585. The Labute approximate surface area is 325 Å². The van der Waals surface area contributed by atoms with Crippen LogP contribution in [0.5, 0.6) is 28.7 Å². The van der Waals surface area contributed by atoms with Gasteiger partial charge in [-0.25, -0.2) is 9.59 Å². The van der Waals surface area contributed by atoms with Crippen LogP contribution in [0.2, 0.25) is 0 Å². The van der Waals surface area contributed by atoms with Crippen LogP contribution < -0.4 is 23.7 Å². The van der Waals surface area contributed by atoms with E-state index in [-0.39, 0.29) is 25.3 Å². The number of quaternary nitrogens is 2. The highest BCUT2D eigenvalue weighted by Gasteiger charge is 2.44. The first-order chi connectivity index (χ1) is 26.6. The van der Waals surface area contributed by atoms with Gasteiger partial charge in [-0.1, -0.05) is 12.1 Å². The Hall–Kier alpha value is -4.78. The highest BCUT2D eigenvalue weighted by molar-refractivity contribution is 5.91. The Morgan fingerprint density at radius 2 is 1.38 bits per heavy atom. The van der Waals surface area contributed by atoms with E-state index < -0.39 is 11.9 Å². The van der Waals surface area contributed by atoms with Crippen molar-refractivity contribution < 1.29 is 56.5 Å². The molecular weight excluding hydrogens is 704 g/mol. The second-order valence-electron chi connectivity index (χ2n) is 14.6. The summed E-state index contributed by atoms with van der Waals surface area (Å²) in [5, 5.41) is 0. The maximum absolute atomic E-state index is 12.9. The van der Waals surface area contributed by atoms with E-state index in [0.29, 0.717) is 47.1 Å². The summed E-state index contributed by atoms with van der Waals surface area (Å²) in [5.41, 5.74) is 4.72. The SMILES string of the molecule is COc1ccc(C[C@@H]2c3cc(OC)c(OC)cc3CC[N+]2(C)C(C)COC(=O)/C=C/C(=O)OCCC[N+]2(Cc3ccc(OC)c(OC)c3)CCOCC2)cc1. The second kappa shape index (κ2) is 19.2. The number of nitrogens with zero attached hydrogens (tertiary/aromatic N) is 2. The standard InChI is InChI=1S/C43H58N2O10/c1-31(44(2)19-17-34-27-40(51-6)41(52-7)28-36(34)37(44)25-32-9-12-35(48-3)13-10-32)30-55-43(47)16-15-42(46)54-22-8-18-45(20-23-53-24-21-45)29-33-11-14-38(49-4)39(26-33)50-5/h9-16,26-28,31,37H,8,17-25,29-30H2,1-7H3/q+2/b16-15+/t31?,37-,44?/m1/s1. The fraction of sp³-hybridized carbons (Fsp3) is 0.488. The number of esters is 2. The molecule has 0 N–H and O–H groups in total. The Bertz CT molecular complexity index is 1770. The van der Waals surface area contributed by atoms with Crippen LogP contribution in [-0.4, -0.2) is 122 Å². The van der Waals surface area contributed by atoms with Crippen LogP contribution in [-0.2, 0) is 43.2 Å². The monoisotopic (exact) mass is 762 g/mol. The lowest BCUT2D eigenvalue weighted by atomic mass is 9.85. The third-order valence-electron chi connectivity index (χ3n) is 11.4. The van der Waals surface area contributed by atoms with E-state index in [1.807, 2.05) is 24.3 Å². The third-order valence-corrected chi connectivity index (χ3v) is 11.4. The minimum absolute atomic E-state index is 0.0501. The molecule has 3 atom stereocenters. The summed E-state index contributed by atoms with van der Waals surface area (Å²) < 4.78 is 46.0. The molecule has 2 heterocycles. The van der Waals surface area contributed by atoms with Gasteiger partial charge < -0.3 is 46.9 Å². The van der Waals surface area contributed by atoms with Crippen LogP contribution in [0.25, 0.3) is 0 Å². The second-order valence-corrected chi connectivity index (χ2v) is 14.6. The van der Waals surface area contributed by atoms with Gasteiger partial charge in [-0.15, -0.1) is 0 Å². The van der Waals surface area contributed by atoms with Crippen molar-refractivity contribution in [3.05, 3.63) is 89.0 Å². The van der Waals surface area contributed by atoms with Gasteiger partial charge in [0.05, 0.1) is 75.5 Å². The number of likely N-dealkylation sites (N-methyl/N-ethyl adjacent to an activating group) is 1. The molecule has 1 saturated heterocycles. The van der Waals surface area contributed by atoms with Crippen molar-refractivity contribution in [2.24, 2.45) is 0 Å². The molecule has 0 saturated carbocycles. The molecule has 5 rings (SSSR count). The summed E-state index contributed by atoms with van der Waals surface area (Å²) in [7, 11) is 10.4. The van der Waals surface area contributed by atoms with Crippen LogP contribution in [0.3, 0.4) is 0 Å². The van der Waals surface area contributed by atoms with E-state index in [0.717, 1.165) is 73.5 Å². The predicted molar refractivity (Wildman–Crippen MR) is 208 cm³/mol. The lowest BCUT2D eigenvalue weighted by Crippen LogP contribution is -2.58. The van der Waals surface area contributed by atoms with E-state index in [1.165, 1.54) is 16.7 Å².